The zero-order valence-electron chi connectivity index (χ0n) is 76.5. The van der Waals surface area contributed by atoms with Gasteiger partial charge in [-0.25, -0.2) is 0 Å². The summed E-state index contributed by atoms with van der Waals surface area (Å²) in [6.45, 7) is 5.34. The van der Waals surface area contributed by atoms with Crippen LogP contribution in [0.15, 0.2) is 486 Å². The fourth-order valence-corrected chi connectivity index (χ4v) is 16.3. The van der Waals surface area contributed by atoms with E-state index in [1.54, 1.807) is 18.6 Å². The molecule has 0 bridgehead atoms. The van der Waals surface area contributed by atoms with Crippen LogP contribution in [0.1, 0.15) is 25.0 Å². The standard InChI is InChI=1S/C18H16N2.C17H12N.2C15H10N.3C13H8N.2C11H8N.5Ir/c1-18(2)16-7-4-3-6-14(16)15-9-8-13(12-17(15)18)20-11-5-10-19-20;1-2-7-14(8-3-1)15-9-6-10-16(13-15)17-11-4-5-12-18-17;2*1-2-7-13(8-3-1)15-14-9-5-4-6-12(14)10-11-16-15;3*1-2-6-12-10(4-1)7-8-11-5-3-9-14-13(11)12;2*1-2-6-10(7-3-1)11-8-4-5-9-12-11;;;;;/h3-7,9,11-12H,10H2,1-2H3;1-9,11-13H;2*1-7,9-11H;3*1-5,7-9H;2*1-6,8-9H;;;;;/q-2;8*-1;;;;;+3. The van der Waals surface area contributed by atoms with Gasteiger partial charge in [0, 0.05) is 130 Å². The molecular weight excluding hydrogens is 2610 g/mol. The molecular formula is C126H88Ir5N10-7. The van der Waals surface area contributed by atoms with Crippen molar-refractivity contribution < 1.29 is 101 Å². The van der Waals surface area contributed by atoms with Crippen molar-refractivity contribution in [3.8, 4) is 78.5 Å². The van der Waals surface area contributed by atoms with Gasteiger partial charge in [0.15, 0.2) is 0 Å². The molecule has 0 saturated carbocycles. The van der Waals surface area contributed by atoms with Crippen molar-refractivity contribution in [2.24, 2.45) is 0 Å². The molecule has 2 aliphatic rings. The number of benzene rings is 16. The van der Waals surface area contributed by atoms with Crippen LogP contribution in [0.3, 0.4) is 0 Å². The third kappa shape index (κ3) is 26.4. The molecule has 4 radical (unpaired) electrons. The average Bonchev–Trinajstić information content (AvgIpc) is 1.58. The van der Waals surface area contributed by atoms with Gasteiger partial charge in [-0.2, -0.15) is 12.1 Å². The Hall–Kier alpha value is -14.5. The summed E-state index contributed by atoms with van der Waals surface area (Å²) in [7, 11) is 0. The molecule has 694 valence electrons. The minimum Gasteiger partial charge on any atom is -0.562 e. The van der Waals surface area contributed by atoms with Crippen LogP contribution in [0.2, 0.25) is 0 Å². The van der Waals surface area contributed by atoms with Crippen molar-refractivity contribution in [1.29, 1.82) is 0 Å². The maximum atomic E-state index is 4.45. The van der Waals surface area contributed by atoms with E-state index >= 15 is 0 Å². The number of pyridine rings is 8. The summed E-state index contributed by atoms with van der Waals surface area (Å²) in [6, 6.07) is 171. The molecule has 16 aromatic carbocycles. The molecule has 0 amide bonds. The second-order valence-corrected chi connectivity index (χ2v) is 32.1. The van der Waals surface area contributed by atoms with Gasteiger partial charge in [0.2, 0.25) is 0 Å². The molecule has 0 saturated heterocycles. The van der Waals surface area contributed by atoms with Crippen molar-refractivity contribution >= 4 is 92.3 Å². The van der Waals surface area contributed by atoms with Crippen molar-refractivity contribution in [1.82, 2.24) is 39.9 Å². The van der Waals surface area contributed by atoms with Gasteiger partial charge in [0.25, 0.3) is 0 Å². The van der Waals surface area contributed by atoms with Gasteiger partial charge in [-0.3, -0.25) is 0 Å². The molecule has 9 heterocycles. The van der Waals surface area contributed by atoms with Gasteiger partial charge in [-0.15, -0.1) is 308 Å². The predicted octanol–water partition coefficient (Wildman–Crippen LogP) is 30.7. The summed E-state index contributed by atoms with van der Waals surface area (Å²) in [5, 5.41) is 17.1. The molecule has 24 aromatic rings. The number of aromatic nitrogens is 8. The Bertz CT molecular complexity index is 7330. The zero-order valence-corrected chi connectivity index (χ0v) is 88.5. The fourth-order valence-electron chi connectivity index (χ4n) is 16.3. The summed E-state index contributed by atoms with van der Waals surface area (Å²) >= 11 is 0. The third-order valence-electron chi connectivity index (χ3n) is 23.0. The Kier molecular flexibility index (Phi) is 38.7. The van der Waals surface area contributed by atoms with Gasteiger partial charge in [0.05, 0.1) is 0 Å². The molecule has 0 spiro atoms. The van der Waals surface area contributed by atoms with Crippen LogP contribution in [0.5, 0.6) is 0 Å². The Morgan fingerprint density at radius 1 is 0.262 bits per heavy atom. The first-order valence-corrected chi connectivity index (χ1v) is 44.9. The summed E-state index contributed by atoms with van der Waals surface area (Å²) in [4.78, 5) is 34.8. The van der Waals surface area contributed by atoms with E-state index in [0.29, 0.717) is 0 Å². The average molecular weight is 2700 g/mol. The van der Waals surface area contributed by atoms with E-state index in [9.17, 15) is 0 Å². The molecule has 10 nitrogen and oxygen atoms in total. The van der Waals surface area contributed by atoms with Gasteiger partial charge in [0.1, 0.15) is 0 Å². The van der Waals surface area contributed by atoms with Crippen LogP contribution >= 0.6 is 0 Å². The molecule has 8 aromatic heterocycles. The monoisotopic (exact) mass is 2710 g/mol. The van der Waals surface area contributed by atoms with Crippen LogP contribution < -0.4 is 5.01 Å². The van der Waals surface area contributed by atoms with E-state index in [2.05, 4.69) is 278 Å². The second kappa shape index (κ2) is 52.5. The van der Waals surface area contributed by atoms with Gasteiger partial charge < -0.3 is 50.3 Å². The van der Waals surface area contributed by atoms with E-state index in [4.69, 9.17) is 0 Å². The second-order valence-electron chi connectivity index (χ2n) is 32.1. The first-order chi connectivity index (χ1) is 67.3. The van der Waals surface area contributed by atoms with Crippen LogP contribution in [0.25, 0.3) is 171 Å². The van der Waals surface area contributed by atoms with Crippen molar-refractivity contribution in [2.45, 2.75) is 19.3 Å². The molecule has 141 heavy (non-hydrogen) atoms. The van der Waals surface area contributed by atoms with Crippen LogP contribution in [-0.2, 0) is 106 Å². The Labute approximate surface area is 891 Å². The Morgan fingerprint density at radius 2 is 0.638 bits per heavy atom. The van der Waals surface area contributed by atoms with E-state index in [1.165, 1.54) is 87.2 Å². The normalized spacial score (nSPS) is 11.1. The molecule has 1 aliphatic carbocycles. The number of anilines is 1. The minimum absolute atomic E-state index is 0. The first kappa shape index (κ1) is 104. The molecule has 15 heteroatoms. The maximum Gasteiger partial charge on any atom is 3.00 e. The van der Waals surface area contributed by atoms with Crippen molar-refractivity contribution in [3.05, 3.63) is 558 Å². The number of hydrogen-bond acceptors (Lipinski definition) is 9. The number of hydrogen-bond donors (Lipinski definition) is 0. The van der Waals surface area contributed by atoms with Crippen LogP contribution in [0, 0.1) is 54.6 Å². The van der Waals surface area contributed by atoms with Gasteiger partial charge >= 0.3 is 20.1 Å². The number of fused-ring (bicyclic) bond motifs is 14. The SMILES string of the molecule is CC1(C)c2ccccc2-c2c[c-]c(N3C=CC[N-]3)cc21.[Ir+3].[Ir].[Ir].[Ir].[Ir].[c-]1ccc(-c2ccccc2)cc1-c1ccccn1.[c-]1cccc2ccc3cccnc3c12.[c-]1cccc2ccc3cccnc3c12.[c-]1cccc2ccc3cccnc3c12.[c-]1ccccc1-c1ccccn1.[c-]1ccccc1-c1ccccn1.[c-]1ccccc1-c1nccc2ccccc12.[c-]1ccccc1-c1nccc2ccccc12. The molecule has 26 rings (SSSR count). The first-order valence-electron chi connectivity index (χ1n) is 44.9. The largest absolute Gasteiger partial charge is 3.00 e. The predicted molar refractivity (Wildman–Crippen MR) is 560 cm³/mol. The van der Waals surface area contributed by atoms with Crippen LogP contribution in [0.4, 0.5) is 5.69 Å². The smallest absolute Gasteiger partial charge is 0.562 e. The maximum absolute atomic E-state index is 4.45. The molecule has 0 fully saturated rings. The summed E-state index contributed by atoms with van der Waals surface area (Å²) in [5.74, 6) is 0. The molecule has 1 aliphatic heterocycles. The molecule has 0 atom stereocenters. The van der Waals surface area contributed by atoms with Crippen molar-refractivity contribution in [2.75, 3.05) is 11.6 Å². The summed E-state index contributed by atoms with van der Waals surface area (Å²) < 4.78 is 0. The topological polar surface area (TPSA) is 120 Å². The van der Waals surface area contributed by atoms with E-state index < -0.39 is 0 Å². The fraction of sp³-hybridized carbons (Fsp3) is 0.0317. The van der Waals surface area contributed by atoms with Crippen LogP contribution in [-0.4, -0.2) is 46.4 Å². The third-order valence-corrected chi connectivity index (χ3v) is 23.0. The van der Waals surface area contributed by atoms with Gasteiger partial charge in [-0.05, 0) is 154 Å². The Morgan fingerprint density at radius 3 is 1.07 bits per heavy atom. The molecule has 0 N–H and O–H groups in total. The minimum atomic E-state index is 0. The van der Waals surface area contributed by atoms with E-state index in [-0.39, 0.29) is 106 Å². The number of nitrogens with zero attached hydrogens (tertiary/aromatic N) is 10. The Balaban J connectivity index is 0.000000133. The summed E-state index contributed by atoms with van der Waals surface area (Å²) in [6.07, 6.45) is 18.6. The quantitative estimate of drug-likeness (QED) is 0.113. The van der Waals surface area contributed by atoms with E-state index in [0.717, 1.165) is 101 Å². The number of rotatable bonds is 7. The van der Waals surface area contributed by atoms with E-state index in [1.807, 2.05) is 309 Å². The summed E-state index contributed by atoms with van der Waals surface area (Å²) in [5.41, 5.74) is 26.5. The van der Waals surface area contributed by atoms with Gasteiger partial charge in [-0.1, -0.05) is 225 Å². The van der Waals surface area contributed by atoms with Crippen molar-refractivity contribution in [3.63, 3.8) is 0 Å². The zero-order chi connectivity index (χ0) is 92.1. The molecule has 0 unspecified atom stereocenters.